The topological polar surface area (TPSA) is 38.7 Å². The fourth-order valence-corrected chi connectivity index (χ4v) is 2.81. The molecule has 0 bridgehead atoms. The Morgan fingerprint density at radius 3 is 2.75 bits per heavy atom. The molecule has 3 nitrogen and oxygen atoms in total. The van der Waals surface area contributed by atoms with Crippen LogP contribution in [0.15, 0.2) is 47.2 Å². The van der Waals surface area contributed by atoms with Gasteiger partial charge >= 0.3 is 0 Å². The SMILES string of the molecule is Brc1cc(-c2cccc3cccnc23)nc(C2CC2)n1. The van der Waals surface area contributed by atoms with Gasteiger partial charge in [-0.25, -0.2) is 9.97 Å². The van der Waals surface area contributed by atoms with Gasteiger partial charge in [-0.15, -0.1) is 0 Å². The molecule has 4 heteroatoms. The highest BCUT2D eigenvalue weighted by Crippen LogP contribution is 2.39. The summed E-state index contributed by atoms with van der Waals surface area (Å²) in [6, 6.07) is 12.2. The minimum absolute atomic E-state index is 0.536. The van der Waals surface area contributed by atoms with Crippen LogP contribution in [0, 0.1) is 0 Å². The molecule has 0 amide bonds. The number of benzene rings is 1. The van der Waals surface area contributed by atoms with Crippen LogP contribution in [0.2, 0.25) is 0 Å². The van der Waals surface area contributed by atoms with E-state index < -0.39 is 0 Å². The van der Waals surface area contributed by atoms with Gasteiger partial charge in [-0.3, -0.25) is 4.98 Å². The first-order valence-electron chi connectivity index (χ1n) is 6.70. The van der Waals surface area contributed by atoms with Crippen LogP contribution in [0.1, 0.15) is 24.6 Å². The van der Waals surface area contributed by atoms with Crippen LogP contribution in [0.4, 0.5) is 0 Å². The van der Waals surface area contributed by atoms with Crippen molar-refractivity contribution in [2.45, 2.75) is 18.8 Å². The van der Waals surface area contributed by atoms with E-state index in [1.807, 2.05) is 24.4 Å². The van der Waals surface area contributed by atoms with Crippen molar-refractivity contribution in [3.63, 3.8) is 0 Å². The summed E-state index contributed by atoms with van der Waals surface area (Å²) in [6.45, 7) is 0. The molecule has 1 saturated carbocycles. The molecular weight excluding hydrogens is 314 g/mol. The number of nitrogens with zero attached hydrogens (tertiary/aromatic N) is 3. The molecule has 2 aromatic heterocycles. The lowest BCUT2D eigenvalue weighted by Gasteiger charge is -2.07. The van der Waals surface area contributed by atoms with Gasteiger partial charge in [0.2, 0.25) is 0 Å². The Kier molecular flexibility index (Phi) is 2.77. The van der Waals surface area contributed by atoms with Gasteiger partial charge in [-0.05, 0) is 40.9 Å². The van der Waals surface area contributed by atoms with Crippen molar-refractivity contribution in [3.05, 3.63) is 53.0 Å². The number of hydrogen-bond acceptors (Lipinski definition) is 3. The van der Waals surface area contributed by atoms with E-state index in [2.05, 4.69) is 44.1 Å². The molecule has 1 aliphatic carbocycles. The van der Waals surface area contributed by atoms with Crippen LogP contribution >= 0.6 is 15.9 Å². The Morgan fingerprint density at radius 1 is 1.05 bits per heavy atom. The summed E-state index contributed by atoms with van der Waals surface area (Å²) in [5, 5.41) is 1.13. The zero-order valence-electron chi connectivity index (χ0n) is 10.8. The average Bonchev–Trinajstić information content (AvgIpc) is 3.30. The van der Waals surface area contributed by atoms with Gasteiger partial charge in [0.05, 0.1) is 11.2 Å². The van der Waals surface area contributed by atoms with E-state index in [-0.39, 0.29) is 0 Å². The van der Waals surface area contributed by atoms with Crippen LogP contribution in [-0.4, -0.2) is 15.0 Å². The van der Waals surface area contributed by atoms with Gasteiger partial charge in [-0.1, -0.05) is 24.3 Å². The Hall–Kier alpha value is -1.81. The third-order valence-electron chi connectivity index (χ3n) is 3.56. The second-order valence-corrected chi connectivity index (χ2v) is 5.90. The number of rotatable bonds is 2. The van der Waals surface area contributed by atoms with E-state index in [9.17, 15) is 0 Å². The fraction of sp³-hybridized carbons (Fsp3) is 0.188. The lowest BCUT2D eigenvalue weighted by Crippen LogP contribution is -1.96. The van der Waals surface area contributed by atoms with E-state index in [1.165, 1.54) is 12.8 Å². The third kappa shape index (κ3) is 2.10. The molecule has 4 rings (SSSR count). The quantitative estimate of drug-likeness (QED) is 0.658. The summed E-state index contributed by atoms with van der Waals surface area (Å²) >= 11 is 3.50. The normalized spacial score (nSPS) is 14.7. The molecule has 0 atom stereocenters. The lowest BCUT2D eigenvalue weighted by atomic mass is 10.1. The van der Waals surface area contributed by atoms with E-state index in [1.54, 1.807) is 0 Å². The number of hydrogen-bond donors (Lipinski definition) is 0. The zero-order valence-corrected chi connectivity index (χ0v) is 12.3. The van der Waals surface area contributed by atoms with E-state index >= 15 is 0 Å². The van der Waals surface area contributed by atoms with Crippen LogP contribution in [0.5, 0.6) is 0 Å². The van der Waals surface area contributed by atoms with Crippen molar-refractivity contribution in [1.29, 1.82) is 0 Å². The molecule has 0 spiro atoms. The number of fused-ring (bicyclic) bond motifs is 1. The molecule has 0 unspecified atom stereocenters. The van der Waals surface area contributed by atoms with E-state index in [4.69, 9.17) is 4.98 Å². The second-order valence-electron chi connectivity index (χ2n) is 5.09. The van der Waals surface area contributed by atoms with E-state index in [0.29, 0.717) is 5.92 Å². The van der Waals surface area contributed by atoms with E-state index in [0.717, 1.165) is 32.6 Å². The Morgan fingerprint density at radius 2 is 1.90 bits per heavy atom. The molecule has 1 aliphatic rings. The molecular formula is C16H12BrN3. The van der Waals surface area contributed by atoms with Crippen molar-refractivity contribution >= 4 is 26.8 Å². The molecule has 20 heavy (non-hydrogen) atoms. The average molecular weight is 326 g/mol. The van der Waals surface area contributed by atoms with Gasteiger partial charge in [0.15, 0.2) is 0 Å². The smallest absolute Gasteiger partial charge is 0.133 e. The minimum Gasteiger partial charge on any atom is -0.256 e. The predicted molar refractivity (Wildman–Crippen MR) is 82.4 cm³/mol. The Labute approximate surface area is 125 Å². The predicted octanol–water partition coefficient (Wildman–Crippen LogP) is 4.33. The highest BCUT2D eigenvalue weighted by atomic mass is 79.9. The summed E-state index contributed by atoms with van der Waals surface area (Å²) in [5.74, 6) is 1.48. The summed E-state index contributed by atoms with van der Waals surface area (Å²) < 4.78 is 0.845. The molecule has 1 aromatic carbocycles. The highest BCUT2D eigenvalue weighted by Gasteiger charge is 2.27. The number of aromatic nitrogens is 3. The van der Waals surface area contributed by atoms with Crippen molar-refractivity contribution in [3.8, 4) is 11.3 Å². The first-order chi connectivity index (χ1) is 9.81. The monoisotopic (exact) mass is 325 g/mol. The fourth-order valence-electron chi connectivity index (χ4n) is 2.41. The molecule has 3 aromatic rings. The van der Waals surface area contributed by atoms with Crippen LogP contribution < -0.4 is 0 Å². The van der Waals surface area contributed by atoms with Gasteiger partial charge in [0, 0.05) is 23.1 Å². The highest BCUT2D eigenvalue weighted by molar-refractivity contribution is 9.10. The Bertz CT molecular complexity index is 791. The molecule has 0 saturated heterocycles. The summed E-state index contributed by atoms with van der Waals surface area (Å²) in [4.78, 5) is 13.7. The number of pyridine rings is 1. The second kappa shape index (κ2) is 4.63. The molecule has 1 fully saturated rings. The maximum Gasteiger partial charge on any atom is 0.133 e. The Balaban J connectivity index is 1.94. The van der Waals surface area contributed by atoms with Crippen LogP contribution in [0.25, 0.3) is 22.2 Å². The van der Waals surface area contributed by atoms with Crippen molar-refractivity contribution in [2.75, 3.05) is 0 Å². The minimum atomic E-state index is 0.536. The van der Waals surface area contributed by atoms with Gasteiger partial charge in [0.25, 0.3) is 0 Å². The van der Waals surface area contributed by atoms with Crippen molar-refractivity contribution in [2.24, 2.45) is 0 Å². The van der Waals surface area contributed by atoms with Gasteiger partial charge < -0.3 is 0 Å². The molecule has 0 N–H and O–H groups in total. The molecule has 0 aliphatic heterocycles. The maximum absolute atomic E-state index is 4.73. The van der Waals surface area contributed by atoms with Gasteiger partial charge in [-0.2, -0.15) is 0 Å². The van der Waals surface area contributed by atoms with Crippen LogP contribution in [0.3, 0.4) is 0 Å². The van der Waals surface area contributed by atoms with Crippen molar-refractivity contribution in [1.82, 2.24) is 15.0 Å². The molecule has 98 valence electrons. The number of halogens is 1. The first kappa shape index (κ1) is 12.0. The van der Waals surface area contributed by atoms with Gasteiger partial charge in [0.1, 0.15) is 10.4 Å². The first-order valence-corrected chi connectivity index (χ1v) is 7.49. The standard InChI is InChI=1S/C16H12BrN3/c17-14-9-13(19-16(20-14)11-6-7-11)12-5-1-3-10-4-2-8-18-15(10)12/h1-5,8-9,11H,6-7H2. The third-order valence-corrected chi connectivity index (χ3v) is 3.97. The van der Waals surface area contributed by atoms with Crippen LogP contribution in [-0.2, 0) is 0 Å². The summed E-state index contributed by atoms with van der Waals surface area (Å²) in [5.41, 5.74) is 2.99. The molecule has 2 heterocycles. The summed E-state index contributed by atoms with van der Waals surface area (Å²) in [6.07, 6.45) is 4.22. The maximum atomic E-state index is 4.73. The lowest BCUT2D eigenvalue weighted by molar-refractivity contribution is 0.919. The summed E-state index contributed by atoms with van der Waals surface area (Å²) in [7, 11) is 0. The zero-order chi connectivity index (χ0) is 13.5. The van der Waals surface area contributed by atoms with Crippen molar-refractivity contribution < 1.29 is 0 Å². The number of para-hydroxylation sites is 1. The molecule has 0 radical (unpaired) electrons. The largest absolute Gasteiger partial charge is 0.256 e.